The Hall–Kier alpha value is -0.480. The molecular formula is C10H13BrFNO. The van der Waals surface area contributed by atoms with E-state index in [-0.39, 0.29) is 4.60 Å². The van der Waals surface area contributed by atoms with Gasteiger partial charge in [-0.1, -0.05) is 19.8 Å². The van der Waals surface area contributed by atoms with E-state index in [1.165, 1.54) is 12.3 Å². The summed E-state index contributed by atoms with van der Waals surface area (Å²) in [5.74, 6) is -0.462. The van der Waals surface area contributed by atoms with Crippen LogP contribution in [-0.4, -0.2) is 10.1 Å². The number of rotatable bonds is 4. The lowest BCUT2D eigenvalue weighted by atomic mass is 10.1. The average Bonchev–Trinajstić information content (AvgIpc) is 2.18. The van der Waals surface area contributed by atoms with Gasteiger partial charge in [0.05, 0.1) is 6.10 Å². The van der Waals surface area contributed by atoms with E-state index in [2.05, 4.69) is 20.9 Å². The number of hydrogen-bond acceptors (Lipinski definition) is 2. The Morgan fingerprint density at radius 1 is 1.64 bits per heavy atom. The highest BCUT2D eigenvalue weighted by Crippen LogP contribution is 2.24. The fourth-order valence-electron chi connectivity index (χ4n) is 1.24. The van der Waals surface area contributed by atoms with Crippen LogP contribution in [0.3, 0.4) is 0 Å². The maximum absolute atomic E-state index is 13.4. The predicted molar refractivity (Wildman–Crippen MR) is 56.4 cm³/mol. The summed E-state index contributed by atoms with van der Waals surface area (Å²) in [5.41, 5.74) is 0.320. The third kappa shape index (κ3) is 2.75. The molecule has 0 amide bonds. The van der Waals surface area contributed by atoms with Gasteiger partial charge in [0.15, 0.2) is 5.82 Å². The molecular weight excluding hydrogens is 249 g/mol. The molecule has 0 bridgehead atoms. The number of aromatic nitrogens is 1. The monoisotopic (exact) mass is 261 g/mol. The summed E-state index contributed by atoms with van der Waals surface area (Å²) in [6.45, 7) is 2.03. The van der Waals surface area contributed by atoms with Crippen LogP contribution in [0.2, 0.25) is 0 Å². The fraction of sp³-hybridized carbons (Fsp3) is 0.500. The maximum atomic E-state index is 13.4. The molecule has 0 aliphatic rings. The van der Waals surface area contributed by atoms with E-state index in [0.29, 0.717) is 12.0 Å². The van der Waals surface area contributed by atoms with E-state index in [1.807, 2.05) is 6.92 Å². The zero-order valence-corrected chi connectivity index (χ0v) is 9.59. The van der Waals surface area contributed by atoms with Crippen molar-refractivity contribution in [2.75, 3.05) is 0 Å². The van der Waals surface area contributed by atoms with E-state index < -0.39 is 11.9 Å². The molecule has 1 rings (SSSR count). The van der Waals surface area contributed by atoms with Gasteiger partial charge >= 0.3 is 0 Å². The van der Waals surface area contributed by atoms with E-state index in [1.54, 1.807) is 0 Å². The molecule has 0 aromatic carbocycles. The number of hydrogen-bond donors (Lipinski definition) is 1. The summed E-state index contributed by atoms with van der Waals surface area (Å²) in [6, 6.07) is 1.51. The van der Waals surface area contributed by atoms with Crippen molar-refractivity contribution in [3.05, 3.63) is 28.2 Å². The van der Waals surface area contributed by atoms with E-state index in [0.717, 1.165) is 12.8 Å². The minimum atomic E-state index is -0.728. The van der Waals surface area contributed by atoms with Crippen molar-refractivity contribution in [2.24, 2.45) is 0 Å². The molecule has 0 spiro atoms. The Labute approximate surface area is 91.3 Å². The van der Waals surface area contributed by atoms with Gasteiger partial charge in [-0.15, -0.1) is 0 Å². The zero-order valence-electron chi connectivity index (χ0n) is 8.00. The van der Waals surface area contributed by atoms with Crippen LogP contribution >= 0.6 is 15.9 Å². The van der Waals surface area contributed by atoms with Gasteiger partial charge in [-0.25, -0.2) is 9.37 Å². The van der Waals surface area contributed by atoms with Gasteiger partial charge in [0, 0.05) is 11.8 Å². The van der Waals surface area contributed by atoms with Crippen molar-refractivity contribution in [3.63, 3.8) is 0 Å². The van der Waals surface area contributed by atoms with Crippen molar-refractivity contribution >= 4 is 15.9 Å². The number of nitrogens with zero attached hydrogens (tertiary/aromatic N) is 1. The number of aliphatic hydroxyl groups is 1. The summed E-state index contributed by atoms with van der Waals surface area (Å²) < 4.78 is 13.6. The van der Waals surface area contributed by atoms with Gasteiger partial charge < -0.3 is 5.11 Å². The quantitative estimate of drug-likeness (QED) is 0.845. The molecule has 4 heteroatoms. The average molecular weight is 262 g/mol. The molecule has 0 fully saturated rings. The number of unbranched alkanes of at least 4 members (excludes halogenated alkanes) is 1. The summed E-state index contributed by atoms with van der Waals surface area (Å²) in [6.07, 6.45) is 3.22. The summed E-state index contributed by atoms with van der Waals surface area (Å²) in [5, 5.41) is 9.67. The Bertz CT molecular complexity index is 306. The molecule has 1 aromatic heterocycles. The summed E-state index contributed by atoms with van der Waals surface area (Å²) in [7, 11) is 0. The Kier molecular flexibility index (Phi) is 4.48. The van der Waals surface area contributed by atoms with Crippen molar-refractivity contribution in [2.45, 2.75) is 32.3 Å². The maximum Gasteiger partial charge on any atom is 0.161 e. The van der Waals surface area contributed by atoms with Crippen LogP contribution < -0.4 is 0 Å². The Balaban J connectivity index is 2.79. The third-order valence-corrected chi connectivity index (χ3v) is 2.62. The van der Waals surface area contributed by atoms with Crippen molar-refractivity contribution in [1.82, 2.24) is 4.98 Å². The molecule has 1 unspecified atom stereocenters. The van der Waals surface area contributed by atoms with E-state index >= 15 is 0 Å². The first-order valence-corrected chi connectivity index (χ1v) is 5.44. The minimum Gasteiger partial charge on any atom is -0.388 e. The van der Waals surface area contributed by atoms with Crippen LogP contribution in [0.15, 0.2) is 16.9 Å². The number of aliphatic hydroxyl groups excluding tert-OH is 1. The fourth-order valence-corrected chi connectivity index (χ4v) is 1.59. The molecule has 1 N–H and O–H groups in total. The van der Waals surface area contributed by atoms with Gasteiger partial charge in [0.1, 0.15) is 4.60 Å². The lowest BCUT2D eigenvalue weighted by Gasteiger charge is -2.11. The molecule has 0 aliphatic heterocycles. The van der Waals surface area contributed by atoms with Crippen molar-refractivity contribution in [1.29, 1.82) is 0 Å². The normalized spacial score (nSPS) is 12.9. The first-order chi connectivity index (χ1) is 6.66. The highest BCUT2D eigenvalue weighted by atomic mass is 79.9. The third-order valence-electron chi connectivity index (χ3n) is 2.07. The Morgan fingerprint density at radius 2 is 2.36 bits per heavy atom. The first-order valence-electron chi connectivity index (χ1n) is 4.64. The number of pyridine rings is 1. The second kappa shape index (κ2) is 5.41. The largest absolute Gasteiger partial charge is 0.388 e. The van der Waals surface area contributed by atoms with Crippen LogP contribution in [0.5, 0.6) is 0 Å². The molecule has 1 aromatic rings. The molecule has 0 saturated heterocycles. The smallest absolute Gasteiger partial charge is 0.161 e. The van der Waals surface area contributed by atoms with Crippen LogP contribution in [0.1, 0.15) is 37.9 Å². The second-order valence-electron chi connectivity index (χ2n) is 3.16. The topological polar surface area (TPSA) is 33.1 Å². The summed E-state index contributed by atoms with van der Waals surface area (Å²) >= 11 is 2.99. The van der Waals surface area contributed by atoms with Crippen LogP contribution in [0, 0.1) is 5.82 Å². The second-order valence-corrected chi connectivity index (χ2v) is 3.91. The molecule has 1 atom stereocenters. The molecule has 1 heterocycles. The summed E-state index contributed by atoms with van der Waals surface area (Å²) in [4.78, 5) is 3.73. The number of halogens is 2. The molecule has 0 radical (unpaired) electrons. The molecule has 0 saturated carbocycles. The van der Waals surface area contributed by atoms with Crippen LogP contribution in [-0.2, 0) is 0 Å². The van der Waals surface area contributed by atoms with E-state index in [4.69, 9.17) is 0 Å². The lowest BCUT2D eigenvalue weighted by molar-refractivity contribution is 0.159. The standard InChI is InChI=1S/C10H13BrFNO/c1-2-3-4-8(14)7-5-6-13-10(11)9(7)12/h5-6,8,14H,2-4H2,1H3. The van der Waals surface area contributed by atoms with Crippen molar-refractivity contribution in [3.8, 4) is 0 Å². The lowest BCUT2D eigenvalue weighted by Crippen LogP contribution is -2.02. The molecule has 14 heavy (non-hydrogen) atoms. The predicted octanol–water partition coefficient (Wildman–Crippen LogP) is 3.21. The molecule has 2 nitrogen and oxygen atoms in total. The van der Waals surface area contributed by atoms with Gasteiger partial charge in [-0.3, -0.25) is 0 Å². The van der Waals surface area contributed by atoms with Crippen molar-refractivity contribution < 1.29 is 9.50 Å². The SMILES string of the molecule is CCCCC(O)c1ccnc(Br)c1F. The molecule has 0 aliphatic carbocycles. The zero-order chi connectivity index (χ0) is 10.6. The van der Waals surface area contributed by atoms with Gasteiger partial charge in [-0.05, 0) is 28.4 Å². The minimum absolute atomic E-state index is 0.158. The van der Waals surface area contributed by atoms with Gasteiger partial charge in [0.25, 0.3) is 0 Å². The van der Waals surface area contributed by atoms with Gasteiger partial charge in [-0.2, -0.15) is 0 Å². The highest BCUT2D eigenvalue weighted by molar-refractivity contribution is 9.10. The Morgan fingerprint density at radius 3 is 3.00 bits per heavy atom. The molecule has 78 valence electrons. The van der Waals surface area contributed by atoms with Gasteiger partial charge in [0.2, 0.25) is 0 Å². The van der Waals surface area contributed by atoms with Crippen LogP contribution in [0.4, 0.5) is 4.39 Å². The first kappa shape index (κ1) is 11.6. The van der Waals surface area contributed by atoms with E-state index in [9.17, 15) is 9.50 Å². The highest BCUT2D eigenvalue weighted by Gasteiger charge is 2.14. The van der Waals surface area contributed by atoms with Crippen LogP contribution in [0.25, 0.3) is 0 Å².